The Hall–Kier alpha value is -1.39. The molecule has 3 rings (SSSR count). The van der Waals surface area contributed by atoms with Gasteiger partial charge >= 0.3 is 0 Å². The van der Waals surface area contributed by atoms with E-state index in [0.717, 1.165) is 28.8 Å². The molecular weight excluding hydrogens is 316 g/mol. The summed E-state index contributed by atoms with van der Waals surface area (Å²) in [6.07, 6.45) is 3.61. The minimum Gasteiger partial charge on any atom is -0.493 e. The number of hydrogen-bond donors (Lipinski definition) is 1. The van der Waals surface area contributed by atoms with E-state index >= 15 is 0 Å². The van der Waals surface area contributed by atoms with Crippen LogP contribution in [-0.4, -0.2) is 18.1 Å². The molecule has 1 aliphatic rings. The fourth-order valence-electron chi connectivity index (χ4n) is 2.69. The van der Waals surface area contributed by atoms with Crippen LogP contribution in [0.5, 0.6) is 5.75 Å². The van der Waals surface area contributed by atoms with E-state index in [9.17, 15) is 0 Å². The number of halogens is 1. The van der Waals surface area contributed by atoms with Crippen LogP contribution >= 0.6 is 15.9 Å². The Balaban J connectivity index is 1.84. The van der Waals surface area contributed by atoms with Crippen molar-refractivity contribution in [3.8, 4) is 5.75 Å². The van der Waals surface area contributed by atoms with Gasteiger partial charge in [-0.1, -0.05) is 18.2 Å². The van der Waals surface area contributed by atoms with Crippen molar-refractivity contribution in [1.29, 1.82) is 0 Å². The van der Waals surface area contributed by atoms with Crippen molar-refractivity contribution >= 4 is 15.9 Å². The Morgan fingerprint density at radius 1 is 1.25 bits per heavy atom. The monoisotopic (exact) mass is 332 g/mol. The largest absolute Gasteiger partial charge is 0.493 e. The first-order valence-corrected chi connectivity index (χ1v) is 7.51. The lowest BCUT2D eigenvalue weighted by Crippen LogP contribution is -2.43. The number of para-hydroxylation sites is 1. The molecule has 0 saturated carbocycles. The molecule has 2 aromatic rings. The summed E-state index contributed by atoms with van der Waals surface area (Å²) in [5.74, 6) is 0.986. The van der Waals surface area contributed by atoms with Crippen molar-refractivity contribution < 1.29 is 4.74 Å². The molecule has 0 saturated heterocycles. The third-order valence-corrected chi connectivity index (χ3v) is 4.32. The number of pyridine rings is 1. The van der Waals surface area contributed by atoms with Gasteiger partial charge in [-0.15, -0.1) is 0 Å². The van der Waals surface area contributed by atoms with Gasteiger partial charge in [0, 0.05) is 34.7 Å². The van der Waals surface area contributed by atoms with Crippen molar-refractivity contribution in [2.24, 2.45) is 11.1 Å². The topological polar surface area (TPSA) is 48.1 Å². The molecule has 2 heterocycles. The Kier molecular flexibility index (Phi) is 3.76. The van der Waals surface area contributed by atoms with Crippen molar-refractivity contribution in [3.05, 3.63) is 58.3 Å². The molecule has 2 N–H and O–H groups in total. The highest BCUT2D eigenvalue weighted by molar-refractivity contribution is 9.10. The minimum absolute atomic E-state index is 0.0603. The molecule has 0 bridgehead atoms. The lowest BCUT2D eigenvalue weighted by molar-refractivity contribution is 0.125. The van der Waals surface area contributed by atoms with Crippen LogP contribution in [0.1, 0.15) is 11.3 Å². The number of aromatic nitrogens is 1. The van der Waals surface area contributed by atoms with Gasteiger partial charge in [0.15, 0.2) is 0 Å². The van der Waals surface area contributed by atoms with Gasteiger partial charge in [-0.3, -0.25) is 4.98 Å². The molecule has 1 atom stereocenters. The molecule has 1 aliphatic heterocycles. The van der Waals surface area contributed by atoms with Crippen molar-refractivity contribution in [1.82, 2.24) is 4.98 Å². The SMILES string of the molecule is NCC1(Cc2ccc(Br)cn2)COc2ccccc2C1. The maximum Gasteiger partial charge on any atom is 0.122 e. The van der Waals surface area contributed by atoms with Gasteiger partial charge < -0.3 is 10.5 Å². The number of hydrogen-bond acceptors (Lipinski definition) is 3. The summed E-state index contributed by atoms with van der Waals surface area (Å²) >= 11 is 3.41. The van der Waals surface area contributed by atoms with Crippen molar-refractivity contribution in [3.63, 3.8) is 0 Å². The summed E-state index contributed by atoms with van der Waals surface area (Å²) in [7, 11) is 0. The van der Waals surface area contributed by atoms with Crippen LogP contribution in [-0.2, 0) is 12.8 Å². The zero-order valence-corrected chi connectivity index (χ0v) is 12.8. The molecule has 104 valence electrons. The van der Waals surface area contributed by atoms with E-state index in [-0.39, 0.29) is 5.41 Å². The second-order valence-electron chi connectivity index (χ2n) is 5.42. The predicted octanol–water partition coefficient (Wildman–Crippen LogP) is 2.97. The molecule has 1 aromatic carbocycles. The van der Waals surface area contributed by atoms with Crippen LogP contribution < -0.4 is 10.5 Å². The van der Waals surface area contributed by atoms with E-state index in [0.29, 0.717) is 13.2 Å². The molecule has 4 heteroatoms. The predicted molar refractivity (Wildman–Crippen MR) is 82.8 cm³/mol. The first kappa shape index (κ1) is 13.6. The van der Waals surface area contributed by atoms with Crippen LogP contribution in [0.3, 0.4) is 0 Å². The van der Waals surface area contributed by atoms with Crippen LogP contribution in [0.15, 0.2) is 47.1 Å². The molecule has 3 nitrogen and oxygen atoms in total. The standard InChI is InChI=1S/C16H17BrN2O/c17-13-5-6-14(19-9-13)8-16(10-18)7-12-3-1-2-4-15(12)20-11-16/h1-6,9H,7-8,10-11,18H2. The van der Waals surface area contributed by atoms with E-state index in [2.05, 4.69) is 27.0 Å². The third kappa shape index (κ3) is 2.72. The third-order valence-electron chi connectivity index (χ3n) is 3.85. The summed E-state index contributed by atoms with van der Waals surface area (Å²) < 4.78 is 6.90. The summed E-state index contributed by atoms with van der Waals surface area (Å²) in [4.78, 5) is 4.46. The van der Waals surface area contributed by atoms with Gasteiger partial charge in [0.2, 0.25) is 0 Å². The number of nitrogens with zero attached hydrogens (tertiary/aromatic N) is 1. The quantitative estimate of drug-likeness (QED) is 0.939. The summed E-state index contributed by atoms with van der Waals surface area (Å²) in [6.45, 7) is 1.25. The van der Waals surface area contributed by atoms with Gasteiger partial charge in [-0.05, 0) is 46.1 Å². The Morgan fingerprint density at radius 2 is 2.10 bits per heavy atom. The number of fused-ring (bicyclic) bond motifs is 1. The molecule has 1 aromatic heterocycles. The van der Waals surface area contributed by atoms with Gasteiger partial charge in [-0.25, -0.2) is 0 Å². The lowest BCUT2D eigenvalue weighted by atomic mass is 9.76. The van der Waals surface area contributed by atoms with Gasteiger partial charge in [0.25, 0.3) is 0 Å². The van der Waals surface area contributed by atoms with Crippen molar-refractivity contribution in [2.75, 3.05) is 13.2 Å². The van der Waals surface area contributed by atoms with Gasteiger partial charge in [0.1, 0.15) is 5.75 Å². The maximum absolute atomic E-state index is 6.06. The zero-order valence-electron chi connectivity index (χ0n) is 11.2. The van der Waals surface area contributed by atoms with Crippen LogP contribution in [0.2, 0.25) is 0 Å². The van der Waals surface area contributed by atoms with E-state index in [1.165, 1.54) is 5.56 Å². The number of nitrogens with two attached hydrogens (primary N) is 1. The van der Waals surface area contributed by atoms with E-state index < -0.39 is 0 Å². The van der Waals surface area contributed by atoms with Gasteiger partial charge in [0.05, 0.1) is 6.61 Å². The van der Waals surface area contributed by atoms with E-state index in [4.69, 9.17) is 10.5 Å². The molecule has 1 unspecified atom stereocenters. The zero-order chi connectivity index (χ0) is 14.0. The molecule has 0 amide bonds. The molecule has 20 heavy (non-hydrogen) atoms. The summed E-state index contributed by atoms with van der Waals surface area (Å²) in [6, 6.07) is 12.3. The summed E-state index contributed by atoms with van der Waals surface area (Å²) in [5, 5.41) is 0. The molecule has 0 aliphatic carbocycles. The first-order valence-electron chi connectivity index (χ1n) is 6.72. The molecular formula is C16H17BrN2O. The first-order chi connectivity index (χ1) is 9.71. The lowest BCUT2D eigenvalue weighted by Gasteiger charge is -2.37. The summed E-state index contributed by atoms with van der Waals surface area (Å²) in [5.41, 5.74) is 8.29. The average Bonchev–Trinajstić information content (AvgIpc) is 2.49. The van der Waals surface area contributed by atoms with Gasteiger partial charge in [-0.2, -0.15) is 0 Å². The second kappa shape index (κ2) is 5.54. The Labute approximate surface area is 127 Å². The highest BCUT2D eigenvalue weighted by Gasteiger charge is 2.35. The molecule has 0 fully saturated rings. The smallest absolute Gasteiger partial charge is 0.122 e. The Morgan fingerprint density at radius 3 is 2.85 bits per heavy atom. The number of ether oxygens (including phenoxy) is 1. The maximum atomic E-state index is 6.06. The fourth-order valence-corrected chi connectivity index (χ4v) is 2.92. The average molecular weight is 333 g/mol. The normalized spacial score (nSPS) is 21.1. The number of benzene rings is 1. The van der Waals surface area contributed by atoms with E-state index in [1.54, 1.807) is 0 Å². The highest BCUT2D eigenvalue weighted by atomic mass is 79.9. The number of rotatable bonds is 3. The van der Waals surface area contributed by atoms with Crippen LogP contribution in [0, 0.1) is 5.41 Å². The fraction of sp³-hybridized carbons (Fsp3) is 0.312. The van der Waals surface area contributed by atoms with Crippen LogP contribution in [0.25, 0.3) is 0 Å². The van der Waals surface area contributed by atoms with E-state index in [1.807, 2.05) is 36.5 Å². The van der Waals surface area contributed by atoms with Crippen molar-refractivity contribution in [2.45, 2.75) is 12.8 Å². The second-order valence-corrected chi connectivity index (χ2v) is 6.34. The minimum atomic E-state index is -0.0603. The van der Waals surface area contributed by atoms with Crippen LogP contribution in [0.4, 0.5) is 0 Å². The molecule has 0 radical (unpaired) electrons. The highest BCUT2D eigenvalue weighted by Crippen LogP contribution is 2.36. The Bertz CT molecular complexity index is 600. The molecule has 0 spiro atoms.